The Labute approximate surface area is 106 Å². The first-order valence-corrected chi connectivity index (χ1v) is 7.04. The van der Waals surface area contributed by atoms with Crippen LogP contribution in [0.3, 0.4) is 0 Å². The van der Waals surface area contributed by atoms with Crippen molar-refractivity contribution in [3.63, 3.8) is 0 Å². The van der Waals surface area contributed by atoms with Crippen molar-refractivity contribution in [1.82, 2.24) is 0 Å². The number of hydrogen-bond acceptors (Lipinski definition) is 1. The van der Waals surface area contributed by atoms with Gasteiger partial charge in [-0.3, -0.25) is 0 Å². The molecule has 1 aromatic rings. The van der Waals surface area contributed by atoms with Crippen molar-refractivity contribution in [2.75, 3.05) is 0 Å². The Morgan fingerprint density at radius 1 is 1.38 bits per heavy atom. The van der Waals surface area contributed by atoms with Crippen LogP contribution in [0.25, 0.3) is 0 Å². The SMILES string of the molecule is CCCCCC1CCc2cc(Br)ccc2O1. The summed E-state index contributed by atoms with van der Waals surface area (Å²) in [5.41, 5.74) is 1.35. The average molecular weight is 283 g/mol. The van der Waals surface area contributed by atoms with Crippen LogP contribution >= 0.6 is 15.9 Å². The van der Waals surface area contributed by atoms with E-state index in [1.807, 2.05) is 0 Å². The van der Waals surface area contributed by atoms with E-state index >= 15 is 0 Å². The van der Waals surface area contributed by atoms with Crippen molar-refractivity contribution >= 4 is 15.9 Å². The Kier molecular flexibility index (Phi) is 4.28. The molecule has 88 valence electrons. The lowest BCUT2D eigenvalue weighted by atomic mass is 9.99. The summed E-state index contributed by atoms with van der Waals surface area (Å²) < 4.78 is 7.16. The van der Waals surface area contributed by atoms with Gasteiger partial charge in [-0.25, -0.2) is 0 Å². The van der Waals surface area contributed by atoms with E-state index in [-0.39, 0.29) is 0 Å². The van der Waals surface area contributed by atoms with Crippen LogP contribution in [0.4, 0.5) is 0 Å². The van der Waals surface area contributed by atoms with Gasteiger partial charge in [0.25, 0.3) is 0 Å². The normalized spacial score (nSPS) is 19.0. The predicted octanol–water partition coefficient (Wildman–Crippen LogP) is 4.72. The van der Waals surface area contributed by atoms with Crippen LogP contribution in [0.1, 0.15) is 44.6 Å². The van der Waals surface area contributed by atoms with Gasteiger partial charge in [0.2, 0.25) is 0 Å². The fraction of sp³-hybridized carbons (Fsp3) is 0.571. The number of ether oxygens (including phenoxy) is 1. The van der Waals surface area contributed by atoms with Gasteiger partial charge >= 0.3 is 0 Å². The summed E-state index contributed by atoms with van der Waals surface area (Å²) in [5, 5.41) is 0. The van der Waals surface area contributed by atoms with Gasteiger partial charge in [-0.15, -0.1) is 0 Å². The maximum atomic E-state index is 6.01. The topological polar surface area (TPSA) is 9.23 Å². The van der Waals surface area contributed by atoms with E-state index in [4.69, 9.17) is 4.74 Å². The standard InChI is InChI=1S/C14H19BrO/c1-2-3-4-5-13-8-6-11-10-12(15)7-9-14(11)16-13/h7,9-10,13H,2-6,8H2,1H3. The maximum Gasteiger partial charge on any atom is 0.122 e. The fourth-order valence-electron chi connectivity index (χ4n) is 2.24. The van der Waals surface area contributed by atoms with Crippen molar-refractivity contribution in [3.05, 3.63) is 28.2 Å². The van der Waals surface area contributed by atoms with Gasteiger partial charge < -0.3 is 4.74 Å². The quantitative estimate of drug-likeness (QED) is 0.726. The maximum absolute atomic E-state index is 6.01. The Hall–Kier alpha value is -0.500. The van der Waals surface area contributed by atoms with E-state index in [1.165, 1.54) is 37.7 Å². The summed E-state index contributed by atoms with van der Waals surface area (Å²) in [6.45, 7) is 2.24. The highest BCUT2D eigenvalue weighted by molar-refractivity contribution is 9.10. The van der Waals surface area contributed by atoms with E-state index in [0.717, 1.165) is 16.6 Å². The highest BCUT2D eigenvalue weighted by atomic mass is 79.9. The van der Waals surface area contributed by atoms with E-state index in [1.54, 1.807) is 0 Å². The number of hydrogen-bond donors (Lipinski definition) is 0. The zero-order valence-corrected chi connectivity index (χ0v) is 11.4. The zero-order chi connectivity index (χ0) is 11.4. The lowest BCUT2D eigenvalue weighted by Gasteiger charge is -2.26. The third kappa shape index (κ3) is 3.00. The molecule has 1 atom stereocenters. The molecule has 1 aromatic carbocycles. The molecular formula is C14H19BrO. The monoisotopic (exact) mass is 282 g/mol. The molecule has 0 amide bonds. The minimum absolute atomic E-state index is 0.445. The number of halogens is 1. The molecule has 1 heterocycles. The summed E-state index contributed by atoms with van der Waals surface area (Å²) in [7, 11) is 0. The minimum atomic E-state index is 0.445. The van der Waals surface area contributed by atoms with Gasteiger partial charge in [0, 0.05) is 4.47 Å². The molecule has 1 aliphatic rings. The van der Waals surface area contributed by atoms with Gasteiger partial charge in [0.05, 0.1) is 6.10 Å². The molecule has 0 saturated heterocycles. The van der Waals surface area contributed by atoms with Gasteiger partial charge in [0.15, 0.2) is 0 Å². The molecule has 1 aliphatic heterocycles. The lowest BCUT2D eigenvalue weighted by Crippen LogP contribution is -2.22. The Morgan fingerprint density at radius 2 is 2.25 bits per heavy atom. The van der Waals surface area contributed by atoms with Crippen LogP contribution in [0.5, 0.6) is 5.75 Å². The molecule has 16 heavy (non-hydrogen) atoms. The van der Waals surface area contributed by atoms with Crippen molar-refractivity contribution in [3.8, 4) is 5.75 Å². The van der Waals surface area contributed by atoms with E-state index < -0.39 is 0 Å². The highest BCUT2D eigenvalue weighted by Crippen LogP contribution is 2.31. The molecule has 1 unspecified atom stereocenters. The van der Waals surface area contributed by atoms with Gasteiger partial charge in [0.1, 0.15) is 5.75 Å². The number of aryl methyl sites for hydroxylation is 1. The van der Waals surface area contributed by atoms with Gasteiger partial charge in [-0.2, -0.15) is 0 Å². The second-order valence-corrected chi connectivity index (χ2v) is 5.44. The van der Waals surface area contributed by atoms with Gasteiger partial charge in [-0.1, -0.05) is 35.7 Å². The van der Waals surface area contributed by atoms with Crippen LogP contribution in [0.2, 0.25) is 0 Å². The number of benzene rings is 1. The van der Waals surface area contributed by atoms with Crippen LogP contribution in [-0.4, -0.2) is 6.10 Å². The van der Waals surface area contributed by atoms with Crippen molar-refractivity contribution in [2.24, 2.45) is 0 Å². The highest BCUT2D eigenvalue weighted by Gasteiger charge is 2.19. The number of unbranched alkanes of at least 4 members (excludes halogenated alkanes) is 2. The third-order valence-corrected chi connectivity index (χ3v) is 3.67. The smallest absolute Gasteiger partial charge is 0.122 e. The number of fused-ring (bicyclic) bond motifs is 1. The molecule has 1 nitrogen and oxygen atoms in total. The molecule has 2 rings (SSSR count). The number of rotatable bonds is 4. The molecule has 0 aliphatic carbocycles. The van der Waals surface area contributed by atoms with Crippen LogP contribution < -0.4 is 4.74 Å². The van der Waals surface area contributed by atoms with E-state index in [0.29, 0.717) is 6.10 Å². The fourth-order valence-corrected chi connectivity index (χ4v) is 2.65. The lowest BCUT2D eigenvalue weighted by molar-refractivity contribution is 0.160. The van der Waals surface area contributed by atoms with Crippen LogP contribution in [0, 0.1) is 0 Å². The zero-order valence-electron chi connectivity index (χ0n) is 9.84. The molecule has 2 heteroatoms. The Morgan fingerprint density at radius 3 is 3.06 bits per heavy atom. The Bertz CT molecular complexity index is 349. The first kappa shape index (κ1) is 12.0. The largest absolute Gasteiger partial charge is 0.490 e. The van der Waals surface area contributed by atoms with E-state index in [2.05, 4.69) is 41.1 Å². The molecule has 0 spiro atoms. The summed E-state index contributed by atoms with van der Waals surface area (Å²) in [4.78, 5) is 0. The molecule has 0 aromatic heterocycles. The van der Waals surface area contributed by atoms with Crippen LogP contribution in [-0.2, 0) is 6.42 Å². The summed E-state index contributed by atoms with van der Waals surface area (Å²) in [5.74, 6) is 1.09. The van der Waals surface area contributed by atoms with Crippen molar-refractivity contribution < 1.29 is 4.74 Å². The molecular weight excluding hydrogens is 264 g/mol. The second kappa shape index (κ2) is 5.72. The average Bonchev–Trinajstić information content (AvgIpc) is 2.29. The van der Waals surface area contributed by atoms with Gasteiger partial charge in [-0.05, 0) is 49.4 Å². The minimum Gasteiger partial charge on any atom is -0.490 e. The molecule has 0 saturated carbocycles. The molecule has 0 bridgehead atoms. The molecule has 0 N–H and O–H groups in total. The summed E-state index contributed by atoms with van der Waals surface area (Å²) >= 11 is 3.50. The predicted molar refractivity (Wildman–Crippen MR) is 71.0 cm³/mol. The van der Waals surface area contributed by atoms with Crippen molar-refractivity contribution in [2.45, 2.75) is 51.6 Å². The second-order valence-electron chi connectivity index (χ2n) is 4.53. The summed E-state index contributed by atoms with van der Waals surface area (Å²) in [6.07, 6.45) is 7.90. The first-order chi connectivity index (χ1) is 7.79. The summed E-state index contributed by atoms with van der Waals surface area (Å²) in [6, 6.07) is 6.33. The molecule has 0 radical (unpaired) electrons. The first-order valence-electron chi connectivity index (χ1n) is 6.24. The van der Waals surface area contributed by atoms with E-state index in [9.17, 15) is 0 Å². The Balaban J connectivity index is 1.93. The molecule has 0 fully saturated rings. The van der Waals surface area contributed by atoms with Crippen LogP contribution in [0.15, 0.2) is 22.7 Å². The third-order valence-electron chi connectivity index (χ3n) is 3.18. The van der Waals surface area contributed by atoms with Crippen molar-refractivity contribution in [1.29, 1.82) is 0 Å².